The molecule has 332 valence electrons. The van der Waals surface area contributed by atoms with Gasteiger partial charge in [0, 0.05) is 18.7 Å². The Morgan fingerprint density at radius 1 is 0.646 bits per heavy atom. The van der Waals surface area contributed by atoms with Crippen molar-refractivity contribution < 1.29 is 28.7 Å². The van der Waals surface area contributed by atoms with Crippen molar-refractivity contribution in [1.82, 2.24) is 40.4 Å². The van der Waals surface area contributed by atoms with Crippen LogP contribution >= 0.6 is 0 Å². The first-order chi connectivity index (χ1) is 31.4. The fourth-order valence-corrected chi connectivity index (χ4v) is 8.38. The van der Waals surface area contributed by atoms with E-state index in [-0.39, 0.29) is 23.9 Å². The summed E-state index contributed by atoms with van der Waals surface area (Å²) in [5.74, 6) is 7.29. The molecule has 2 aromatic heterocycles. The van der Waals surface area contributed by atoms with Crippen molar-refractivity contribution in [1.29, 1.82) is 0 Å². The number of nitrogens with one attached hydrogen (secondary N) is 4. The van der Waals surface area contributed by atoms with Crippen LogP contribution in [0.1, 0.15) is 105 Å². The van der Waals surface area contributed by atoms with E-state index in [0.29, 0.717) is 41.6 Å². The highest BCUT2D eigenvalue weighted by Crippen LogP contribution is 2.35. The number of ether oxygens (including phenoxy) is 2. The number of aromatic amines is 2. The van der Waals surface area contributed by atoms with Crippen LogP contribution in [0.4, 0.5) is 9.59 Å². The number of methoxy groups -OCH3 is 1. The normalized spacial score (nSPS) is 16.8. The number of alkyl carbamates (subject to hydrolysis) is 2. The van der Waals surface area contributed by atoms with Gasteiger partial charge in [0.1, 0.15) is 35.0 Å². The molecular formula is C51H52N8O6. The smallest absolute Gasteiger partial charge is 0.408 e. The summed E-state index contributed by atoms with van der Waals surface area (Å²) in [5, 5.41) is 5.51. The zero-order valence-corrected chi connectivity index (χ0v) is 36.8. The maximum Gasteiger partial charge on any atom is 0.408 e. The highest BCUT2D eigenvalue weighted by atomic mass is 16.6. The number of rotatable bonds is 10. The lowest BCUT2D eigenvalue weighted by Crippen LogP contribution is -2.44. The summed E-state index contributed by atoms with van der Waals surface area (Å²) in [6, 6.07) is 32.2. The molecule has 4 N–H and O–H groups in total. The largest absolute Gasteiger partial charge is 0.453 e. The van der Waals surface area contributed by atoms with Gasteiger partial charge in [-0.1, -0.05) is 103 Å². The molecule has 0 aliphatic carbocycles. The highest BCUT2D eigenvalue weighted by Gasteiger charge is 2.39. The number of imidazole rings is 2. The average Bonchev–Trinajstić information content (AvgIpc) is 4.17. The third-order valence-electron chi connectivity index (χ3n) is 11.5. The van der Waals surface area contributed by atoms with Crippen molar-refractivity contribution >= 4 is 24.0 Å². The molecule has 14 nitrogen and oxygen atoms in total. The lowest BCUT2D eigenvalue weighted by Gasteiger charge is -2.29. The molecule has 4 amide bonds. The van der Waals surface area contributed by atoms with Gasteiger partial charge in [-0.2, -0.15) is 0 Å². The maximum absolute atomic E-state index is 14.1. The molecule has 14 heteroatoms. The molecule has 6 aromatic rings. The number of hydrogen-bond donors (Lipinski definition) is 4. The van der Waals surface area contributed by atoms with E-state index in [1.54, 1.807) is 55.1 Å². The lowest BCUT2D eigenvalue weighted by atomic mass is 10.0. The van der Waals surface area contributed by atoms with Gasteiger partial charge in [0.2, 0.25) is 0 Å². The predicted octanol–water partition coefficient (Wildman–Crippen LogP) is 8.56. The first kappa shape index (κ1) is 44.0. The van der Waals surface area contributed by atoms with Crippen molar-refractivity contribution in [3.05, 3.63) is 156 Å². The van der Waals surface area contributed by atoms with Crippen LogP contribution in [0, 0.1) is 11.8 Å². The number of nitrogens with zero attached hydrogens (tertiary/aromatic N) is 4. The van der Waals surface area contributed by atoms with Crippen LogP contribution < -0.4 is 10.6 Å². The van der Waals surface area contributed by atoms with Crippen molar-refractivity contribution in [2.75, 3.05) is 20.2 Å². The molecule has 8 rings (SSSR count). The zero-order chi connectivity index (χ0) is 45.5. The molecule has 2 fully saturated rings. The lowest BCUT2D eigenvalue weighted by molar-refractivity contribution is -0.135. The number of benzene rings is 4. The van der Waals surface area contributed by atoms with Gasteiger partial charge in [0.05, 0.1) is 37.3 Å². The zero-order valence-electron chi connectivity index (χ0n) is 36.8. The third kappa shape index (κ3) is 10.4. The molecular weight excluding hydrogens is 821 g/mol. The summed E-state index contributed by atoms with van der Waals surface area (Å²) in [6.45, 7) is 6.44. The second-order valence-corrected chi connectivity index (χ2v) is 17.1. The van der Waals surface area contributed by atoms with Gasteiger partial charge in [-0.3, -0.25) is 9.59 Å². The Kier molecular flexibility index (Phi) is 13.1. The van der Waals surface area contributed by atoms with E-state index in [9.17, 15) is 19.2 Å². The standard InChI is InChI=1S/C51H52N8O6/c1-51(2,3)65-50(63)57-44(38-15-9-6-10-16-38)48(61)59-30-12-18-42(59)46-53-32-40(55-46)36-26-24-35(25-27-36)34-22-19-33(20-23-34)21-28-39-31-52-45(54-39)41-17-11-29-58(41)47(60)43(56-49(62)64-4)37-13-7-5-8-14-37/h5-10,13-16,19-20,22-27,31-32,41-44H,11-12,17-18,29-30H2,1-4H3,(H,52,54)(H,53,55)(H,56,62)(H,57,63)/t41-,42-,43+,44+/m0/s1. The van der Waals surface area contributed by atoms with Gasteiger partial charge in [0.15, 0.2) is 0 Å². The number of aromatic nitrogens is 4. The highest BCUT2D eigenvalue weighted by molar-refractivity contribution is 5.88. The number of H-pyrrole nitrogens is 2. The Hall–Kier alpha value is -7.66. The van der Waals surface area contributed by atoms with Crippen molar-refractivity contribution in [3.63, 3.8) is 0 Å². The fraction of sp³-hybridized carbons (Fsp3) is 0.294. The Balaban J connectivity index is 0.901. The molecule has 4 atom stereocenters. The topological polar surface area (TPSA) is 175 Å². The molecule has 2 aliphatic heterocycles. The monoisotopic (exact) mass is 872 g/mol. The molecule has 65 heavy (non-hydrogen) atoms. The summed E-state index contributed by atoms with van der Waals surface area (Å²) in [4.78, 5) is 72.7. The summed E-state index contributed by atoms with van der Waals surface area (Å²) < 4.78 is 10.3. The summed E-state index contributed by atoms with van der Waals surface area (Å²) >= 11 is 0. The van der Waals surface area contributed by atoms with Gasteiger partial charge in [-0.15, -0.1) is 0 Å². The minimum Gasteiger partial charge on any atom is -0.453 e. The van der Waals surface area contributed by atoms with Crippen LogP contribution in [0.15, 0.2) is 122 Å². The van der Waals surface area contributed by atoms with Crippen molar-refractivity contribution in [2.45, 2.75) is 76.2 Å². The Morgan fingerprint density at radius 2 is 1.14 bits per heavy atom. The van der Waals surface area contributed by atoms with Gasteiger partial charge in [0.25, 0.3) is 11.8 Å². The van der Waals surface area contributed by atoms with E-state index >= 15 is 0 Å². The van der Waals surface area contributed by atoms with Crippen LogP contribution in [0.2, 0.25) is 0 Å². The van der Waals surface area contributed by atoms with E-state index in [1.807, 2.05) is 84.9 Å². The van der Waals surface area contributed by atoms with Gasteiger partial charge in [-0.05, 0) is 92.3 Å². The van der Waals surface area contributed by atoms with Crippen LogP contribution in [0.3, 0.4) is 0 Å². The van der Waals surface area contributed by atoms with Crippen LogP contribution in [-0.2, 0) is 19.1 Å². The van der Waals surface area contributed by atoms with Crippen LogP contribution in [-0.4, -0.2) is 79.5 Å². The summed E-state index contributed by atoms with van der Waals surface area (Å²) in [6.07, 6.45) is 5.22. The van der Waals surface area contributed by atoms with E-state index in [1.165, 1.54) is 7.11 Å². The summed E-state index contributed by atoms with van der Waals surface area (Å²) in [7, 11) is 1.27. The molecule has 0 bridgehead atoms. The molecule has 0 spiro atoms. The number of amides is 4. The van der Waals surface area contributed by atoms with Crippen LogP contribution in [0.25, 0.3) is 22.4 Å². The Bertz CT molecular complexity index is 2680. The number of carbonyl (C=O) groups excluding carboxylic acids is 4. The van der Waals surface area contributed by atoms with E-state index in [4.69, 9.17) is 14.5 Å². The minimum atomic E-state index is -0.910. The number of hydrogen-bond acceptors (Lipinski definition) is 8. The van der Waals surface area contributed by atoms with E-state index in [2.05, 4.69) is 49.6 Å². The van der Waals surface area contributed by atoms with E-state index in [0.717, 1.165) is 53.6 Å². The molecule has 4 aromatic carbocycles. The summed E-state index contributed by atoms with van der Waals surface area (Å²) in [5.41, 5.74) is 5.96. The minimum absolute atomic E-state index is 0.217. The van der Waals surface area contributed by atoms with Crippen molar-refractivity contribution in [3.8, 4) is 34.2 Å². The number of likely N-dealkylation sites (tertiary alicyclic amines) is 2. The molecule has 0 saturated carbocycles. The first-order valence-electron chi connectivity index (χ1n) is 21.8. The quantitative estimate of drug-likeness (QED) is 0.0991. The third-order valence-corrected chi connectivity index (χ3v) is 11.5. The Labute approximate surface area is 378 Å². The Morgan fingerprint density at radius 3 is 1.68 bits per heavy atom. The molecule has 2 saturated heterocycles. The molecule has 0 unspecified atom stereocenters. The molecule has 2 aliphatic rings. The fourth-order valence-electron chi connectivity index (χ4n) is 8.38. The molecule has 0 radical (unpaired) electrons. The SMILES string of the molecule is COC(=O)N[C@@H](C(=O)N1CCC[C@H]1c1ncc(C#Cc2ccc(-c3ccc(-c4cnc([C@@H]5CCCN5C(=O)[C@H](NC(=O)OC(C)(C)C)c5ccccc5)[nH]4)cc3)cc2)[nH]1)c1ccccc1. The second kappa shape index (κ2) is 19.4. The van der Waals surface area contributed by atoms with Gasteiger partial charge < -0.3 is 39.9 Å². The van der Waals surface area contributed by atoms with Crippen LogP contribution in [0.5, 0.6) is 0 Å². The van der Waals surface area contributed by atoms with Gasteiger partial charge in [-0.25, -0.2) is 19.6 Å². The second-order valence-electron chi connectivity index (χ2n) is 17.1. The maximum atomic E-state index is 14.1. The van der Waals surface area contributed by atoms with Crippen molar-refractivity contribution in [2.24, 2.45) is 0 Å². The molecule has 4 heterocycles. The van der Waals surface area contributed by atoms with Gasteiger partial charge >= 0.3 is 12.2 Å². The number of carbonyl (C=O) groups is 4. The average molecular weight is 873 g/mol. The predicted molar refractivity (Wildman–Crippen MR) is 245 cm³/mol. The first-order valence-corrected chi connectivity index (χ1v) is 21.8. The van der Waals surface area contributed by atoms with E-state index < -0.39 is 29.9 Å².